The van der Waals surface area contributed by atoms with Crippen LogP contribution in [0, 0.1) is 0 Å². The maximum absolute atomic E-state index is 10.3. The van der Waals surface area contributed by atoms with E-state index in [2.05, 4.69) is 15.0 Å². The summed E-state index contributed by atoms with van der Waals surface area (Å²) in [5, 5.41) is 61.6. The van der Waals surface area contributed by atoms with Gasteiger partial charge in [-0.2, -0.15) is 0 Å². The third-order valence-electron chi connectivity index (χ3n) is 3.66. The van der Waals surface area contributed by atoms with Crippen molar-refractivity contribution in [3.63, 3.8) is 0 Å². The van der Waals surface area contributed by atoms with Gasteiger partial charge in [-0.15, -0.1) is 0 Å². The molecular formula is C21H9Fe2N3O12. The van der Waals surface area contributed by atoms with Gasteiger partial charge in [-0.05, 0) is 36.4 Å². The van der Waals surface area contributed by atoms with Crippen LogP contribution in [0.25, 0.3) is 0 Å². The number of carboxylic acid groups (broad SMARTS) is 6. The van der Waals surface area contributed by atoms with Crippen LogP contribution in [-0.4, -0.2) is 50.8 Å². The van der Waals surface area contributed by atoms with Crippen LogP contribution >= 0.6 is 0 Å². The fourth-order valence-electron chi connectivity index (χ4n) is 2.20. The summed E-state index contributed by atoms with van der Waals surface area (Å²) in [5.74, 6) is -9.63. The Balaban J connectivity index is 0. The van der Waals surface area contributed by atoms with E-state index in [1.807, 2.05) is 0 Å². The number of nitrogens with zero attached hydrogens (tertiary/aromatic N) is 3. The maximum Gasteiger partial charge on any atom is 3.00 e. The number of pyridine rings is 3. The molecule has 15 nitrogen and oxygen atoms in total. The molecule has 0 N–H and O–H groups in total. The van der Waals surface area contributed by atoms with Gasteiger partial charge in [0.2, 0.25) is 0 Å². The second-order valence-corrected chi connectivity index (χ2v) is 5.92. The molecule has 0 amide bonds. The van der Waals surface area contributed by atoms with Gasteiger partial charge in [-0.1, -0.05) is 0 Å². The fraction of sp³-hybridized carbons (Fsp3) is 0. The number of hydrogen-bond donors (Lipinski definition) is 0. The number of aromatic nitrogens is 3. The van der Waals surface area contributed by atoms with Crippen molar-refractivity contribution in [3.05, 3.63) is 88.8 Å². The number of aromatic carboxylic acids is 6. The molecule has 38 heavy (non-hydrogen) atoms. The molecule has 196 valence electrons. The largest absolute Gasteiger partial charge is 3.00 e. The van der Waals surface area contributed by atoms with Gasteiger partial charge < -0.3 is 59.4 Å². The molecule has 2 radical (unpaired) electrons. The summed E-state index contributed by atoms with van der Waals surface area (Å²) in [6, 6.07) is 7.18. The van der Waals surface area contributed by atoms with Crippen molar-refractivity contribution in [1.29, 1.82) is 0 Å². The van der Waals surface area contributed by atoms with Gasteiger partial charge in [0, 0.05) is 35.3 Å². The fourth-order valence-corrected chi connectivity index (χ4v) is 2.20. The Labute approximate surface area is 232 Å². The van der Waals surface area contributed by atoms with Crippen molar-refractivity contribution in [3.8, 4) is 0 Å². The van der Waals surface area contributed by atoms with Crippen LogP contribution in [0.1, 0.15) is 62.5 Å². The minimum absolute atomic E-state index is 0. The minimum Gasteiger partial charge on any atom is -0.545 e. The molecule has 0 aliphatic heterocycles. The van der Waals surface area contributed by atoms with Gasteiger partial charge in [0.15, 0.2) is 0 Å². The summed E-state index contributed by atoms with van der Waals surface area (Å²) in [6.07, 6.45) is 3.49. The van der Waals surface area contributed by atoms with Crippen molar-refractivity contribution in [2.24, 2.45) is 0 Å². The maximum atomic E-state index is 10.3. The van der Waals surface area contributed by atoms with Gasteiger partial charge in [0.1, 0.15) is 0 Å². The molecule has 0 aromatic carbocycles. The average molecular weight is 607 g/mol. The first-order valence-corrected chi connectivity index (χ1v) is 9.01. The Hall–Kier alpha value is -4.69. The number of hydrogen-bond acceptors (Lipinski definition) is 15. The average Bonchev–Trinajstić information content (AvgIpc) is 2.84. The number of carboxylic acids is 6. The van der Waals surface area contributed by atoms with E-state index >= 15 is 0 Å². The second-order valence-electron chi connectivity index (χ2n) is 5.92. The minimum atomic E-state index is -1.63. The smallest absolute Gasteiger partial charge is 0.545 e. The number of carbonyl (C=O) groups is 6. The van der Waals surface area contributed by atoms with Gasteiger partial charge in [-0.25, -0.2) is 0 Å². The molecule has 3 aromatic rings. The molecule has 0 aliphatic carbocycles. The number of carbonyl (C=O) groups excluding carboxylic acids is 6. The van der Waals surface area contributed by atoms with Crippen molar-refractivity contribution in [2.75, 3.05) is 0 Å². The van der Waals surface area contributed by atoms with Crippen molar-refractivity contribution >= 4 is 35.8 Å². The Morgan fingerprint density at radius 3 is 0.763 bits per heavy atom. The van der Waals surface area contributed by atoms with E-state index in [0.29, 0.717) is 0 Å². The summed E-state index contributed by atoms with van der Waals surface area (Å²) in [4.78, 5) is 71.6. The third kappa shape index (κ3) is 10.5. The molecule has 0 fully saturated rings. The zero-order chi connectivity index (χ0) is 27.4. The third-order valence-corrected chi connectivity index (χ3v) is 3.66. The van der Waals surface area contributed by atoms with Crippen LogP contribution in [0.5, 0.6) is 0 Å². The molecular weight excluding hydrogens is 598 g/mol. The molecule has 0 saturated heterocycles. The molecule has 3 heterocycles. The molecule has 0 aliphatic rings. The molecule has 0 saturated carbocycles. The van der Waals surface area contributed by atoms with E-state index in [4.69, 9.17) is 0 Å². The Morgan fingerprint density at radius 2 is 0.632 bits per heavy atom. The summed E-state index contributed by atoms with van der Waals surface area (Å²) in [6.45, 7) is 0. The summed E-state index contributed by atoms with van der Waals surface area (Å²) < 4.78 is 0. The van der Waals surface area contributed by atoms with E-state index < -0.39 is 69.6 Å². The van der Waals surface area contributed by atoms with Crippen molar-refractivity contribution in [2.45, 2.75) is 0 Å². The van der Waals surface area contributed by atoms with Crippen LogP contribution in [0.15, 0.2) is 55.0 Å². The first-order valence-electron chi connectivity index (χ1n) is 9.01. The molecule has 3 aromatic heterocycles. The van der Waals surface area contributed by atoms with Crippen molar-refractivity contribution in [1.82, 2.24) is 15.0 Å². The summed E-state index contributed by atoms with van der Waals surface area (Å²) in [5.41, 5.74) is -3.26. The van der Waals surface area contributed by atoms with Gasteiger partial charge >= 0.3 is 34.1 Å². The first-order chi connectivity index (χ1) is 16.9. The van der Waals surface area contributed by atoms with Crippen LogP contribution in [0.4, 0.5) is 0 Å². The number of rotatable bonds is 6. The predicted octanol–water partition coefficient (Wildman–Crippen LogP) is -6.58. The van der Waals surface area contributed by atoms with Crippen LogP contribution in [0.3, 0.4) is 0 Å². The van der Waals surface area contributed by atoms with Crippen LogP contribution < -0.4 is 30.6 Å². The second kappa shape index (κ2) is 16.9. The van der Waals surface area contributed by atoms with Gasteiger partial charge in [-0.3, -0.25) is 15.0 Å². The molecule has 0 bridgehead atoms. The summed E-state index contributed by atoms with van der Waals surface area (Å²) in [7, 11) is 0. The predicted molar refractivity (Wildman–Crippen MR) is 98.7 cm³/mol. The summed E-state index contributed by atoms with van der Waals surface area (Å²) >= 11 is 0. The zero-order valence-corrected chi connectivity index (χ0v) is 20.4. The molecule has 17 heteroatoms. The van der Waals surface area contributed by atoms with Crippen molar-refractivity contribution < 1.29 is 93.5 Å². The Bertz CT molecular complexity index is 1070. The van der Waals surface area contributed by atoms with E-state index in [0.717, 1.165) is 36.8 Å². The zero-order valence-electron chi connectivity index (χ0n) is 18.1. The van der Waals surface area contributed by atoms with Gasteiger partial charge in [0.25, 0.3) is 0 Å². The van der Waals surface area contributed by atoms with Crippen LogP contribution in [-0.2, 0) is 34.1 Å². The monoisotopic (exact) mass is 607 g/mol. The van der Waals surface area contributed by atoms with Gasteiger partial charge in [0.05, 0.1) is 52.9 Å². The first kappa shape index (κ1) is 35.5. The molecule has 0 spiro atoms. The van der Waals surface area contributed by atoms with E-state index in [9.17, 15) is 59.4 Å². The molecule has 0 atom stereocenters. The van der Waals surface area contributed by atoms with E-state index in [1.165, 1.54) is 18.2 Å². The van der Waals surface area contributed by atoms with E-state index in [-0.39, 0.29) is 34.1 Å². The normalized spacial score (nSPS) is 8.84. The standard InChI is InChI=1S/3C7H5NO4.2Fe/c3*9-6(10)4-2-1-3-8-5(4)7(11)12;;/h3*1-3H,(H,9,10)(H,11,12);;/q;;;2*+3/p-6. The van der Waals surface area contributed by atoms with E-state index in [1.54, 1.807) is 0 Å². The molecule has 3 rings (SSSR count). The Morgan fingerprint density at radius 1 is 0.421 bits per heavy atom. The quantitative estimate of drug-likeness (QED) is 0.236. The molecule has 0 unspecified atom stereocenters. The Kier molecular flexibility index (Phi) is 15.8. The SMILES string of the molecule is O=C([O-])c1cccnc1C(=O)[O-].O=C([O-])c1cccnc1C(=O)[O-].O=C([O-])c1cccnc1C(=O)[O-].[Fe+3].[Fe+3]. The topological polar surface area (TPSA) is 279 Å². The van der Waals surface area contributed by atoms with Crippen LogP contribution in [0.2, 0.25) is 0 Å².